The van der Waals surface area contributed by atoms with E-state index in [1.165, 1.54) is 0 Å². The Labute approximate surface area is 84.1 Å². The molecule has 0 saturated heterocycles. The molecule has 0 spiro atoms. The fourth-order valence-corrected chi connectivity index (χ4v) is 1.32. The van der Waals surface area contributed by atoms with Gasteiger partial charge in [-0.25, -0.2) is 0 Å². The van der Waals surface area contributed by atoms with E-state index in [-0.39, 0.29) is 0 Å². The zero-order chi connectivity index (χ0) is 10.6. The average Bonchev–Trinajstić information content (AvgIpc) is 2.27. The quantitative estimate of drug-likeness (QED) is 0.790. The van der Waals surface area contributed by atoms with Gasteiger partial charge in [0.25, 0.3) is 0 Å². The zero-order valence-corrected chi connectivity index (χ0v) is 8.45. The van der Waals surface area contributed by atoms with E-state index >= 15 is 0 Å². The largest absolute Gasteiger partial charge is 0.496 e. The van der Waals surface area contributed by atoms with Crippen molar-refractivity contribution in [1.29, 1.82) is 5.26 Å². The van der Waals surface area contributed by atoms with Gasteiger partial charge in [-0.05, 0) is 24.1 Å². The maximum absolute atomic E-state index is 8.74. The number of hydrogen-bond acceptors (Lipinski definition) is 3. The normalized spacial score (nSPS) is 11.9. The fourth-order valence-electron chi connectivity index (χ4n) is 1.32. The maximum Gasteiger partial charge on any atom is 0.124 e. The molecular formula is C11H14N2O. The van der Waals surface area contributed by atoms with E-state index in [9.17, 15) is 0 Å². The van der Waals surface area contributed by atoms with Gasteiger partial charge in [-0.1, -0.05) is 13.0 Å². The highest BCUT2D eigenvalue weighted by Gasteiger charge is 2.11. The number of methoxy groups -OCH3 is 1. The van der Waals surface area contributed by atoms with Crippen molar-refractivity contribution in [2.24, 2.45) is 5.73 Å². The molecule has 0 aliphatic rings. The molecule has 74 valence electrons. The smallest absolute Gasteiger partial charge is 0.124 e. The van der Waals surface area contributed by atoms with Gasteiger partial charge >= 0.3 is 0 Å². The number of rotatable bonds is 3. The summed E-state index contributed by atoms with van der Waals surface area (Å²) in [7, 11) is 1.58. The first-order valence-corrected chi connectivity index (χ1v) is 4.55. The maximum atomic E-state index is 8.74. The Morgan fingerprint density at radius 2 is 2.29 bits per heavy atom. The average molecular weight is 190 g/mol. The van der Waals surface area contributed by atoms with Crippen LogP contribution in [0.4, 0.5) is 0 Å². The summed E-state index contributed by atoms with van der Waals surface area (Å²) in [5, 5.41) is 8.74. The van der Waals surface area contributed by atoms with Crippen molar-refractivity contribution in [2.45, 2.75) is 19.4 Å². The summed E-state index contributed by atoms with van der Waals surface area (Å²) >= 11 is 0. The van der Waals surface area contributed by atoms with Crippen LogP contribution in [0.5, 0.6) is 5.75 Å². The van der Waals surface area contributed by atoms with E-state index < -0.39 is 6.04 Å². The summed E-state index contributed by atoms with van der Waals surface area (Å²) in [5.41, 5.74) is 7.57. The molecule has 0 heterocycles. The summed E-state index contributed by atoms with van der Waals surface area (Å²) in [4.78, 5) is 0. The third kappa shape index (κ3) is 2.04. The molecule has 0 aliphatic carbocycles. The molecule has 0 fully saturated rings. The molecule has 2 N–H and O–H groups in total. The van der Waals surface area contributed by atoms with Gasteiger partial charge in [-0.15, -0.1) is 0 Å². The third-order valence-corrected chi connectivity index (χ3v) is 2.18. The van der Waals surface area contributed by atoms with Crippen LogP contribution < -0.4 is 10.5 Å². The topological polar surface area (TPSA) is 59.0 Å². The highest BCUT2D eigenvalue weighted by molar-refractivity contribution is 5.41. The van der Waals surface area contributed by atoms with Crippen molar-refractivity contribution >= 4 is 0 Å². The van der Waals surface area contributed by atoms with Crippen molar-refractivity contribution < 1.29 is 4.74 Å². The number of nitrogens with two attached hydrogens (primary N) is 1. The molecule has 0 saturated carbocycles. The zero-order valence-electron chi connectivity index (χ0n) is 8.45. The number of aryl methyl sites for hydroxylation is 1. The molecule has 14 heavy (non-hydrogen) atoms. The van der Waals surface area contributed by atoms with Crippen LogP contribution in [0.1, 0.15) is 24.1 Å². The Morgan fingerprint density at radius 1 is 1.57 bits per heavy atom. The van der Waals surface area contributed by atoms with Gasteiger partial charge in [0.05, 0.1) is 13.2 Å². The monoisotopic (exact) mass is 190 g/mol. The number of nitrogens with zero attached hydrogens (tertiary/aromatic N) is 1. The molecule has 0 aliphatic heterocycles. The minimum atomic E-state index is -0.614. The molecule has 1 aromatic rings. The molecule has 1 rings (SSSR count). The van der Waals surface area contributed by atoms with E-state index in [0.29, 0.717) is 5.75 Å². The van der Waals surface area contributed by atoms with Gasteiger partial charge in [0.1, 0.15) is 11.8 Å². The lowest BCUT2D eigenvalue weighted by atomic mass is 10.0. The highest BCUT2D eigenvalue weighted by atomic mass is 16.5. The van der Waals surface area contributed by atoms with Crippen molar-refractivity contribution in [3.05, 3.63) is 29.3 Å². The Bertz CT molecular complexity index is 355. The fraction of sp³-hybridized carbons (Fsp3) is 0.364. The van der Waals surface area contributed by atoms with E-state index in [0.717, 1.165) is 17.5 Å². The molecule has 1 atom stereocenters. The lowest BCUT2D eigenvalue weighted by molar-refractivity contribution is 0.408. The van der Waals surface area contributed by atoms with Crippen LogP contribution in [0.2, 0.25) is 0 Å². The number of nitriles is 1. The van der Waals surface area contributed by atoms with Gasteiger partial charge in [0, 0.05) is 5.56 Å². The summed E-state index contributed by atoms with van der Waals surface area (Å²) in [5.74, 6) is 0.677. The third-order valence-electron chi connectivity index (χ3n) is 2.18. The van der Waals surface area contributed by atoms with E-state index in [4.69, 9.17) is 15.7 Å². The van der Waals surface area contributed by atoms with E-state index in [1.54, 1.807) is 7.11 Å². The SMILES string of the molecule is CCc1ccc(OC)c(C(N)C#N)c1. The molecule has 3 heteroatoms. The van der Waals surface area contributed by atoms with Crippen LogP contribution >= 0.6 is 0 Å². The lowest BCUT2D eigenvalue weighted by Crippen LogP contribution is -2.09. The highest BCUT2D eigenvalue weighted by Crippen LogP contribution is 2.24. The van der Waals surface area contributed by atoms with Gasteiger partial charge in [0.2, 0.25) is 0 Å². The van der Waals surface area contributed by atoms with E-state index in [2.05, 4.69) is 6.92 Å². The lowest BCUT2D eigenvalue weighted by Gasteiger charge is -2.11. The van der Waals surface area contributed by atoms with Crippen LogP contribution in [-0.4, -0.2) is 7.11 Å². The minimum Gasteiger partial charge on any atom is -0.496 e. The van der Waals surface area contributed by atoms with Crippen molar-refractivity contribution in [2.75, 3.05) is 7.11 Å². The first-order chi connectivity index (χ1) is 6.72. The first kappa shape index (κ1) is 10.6. The Kier molecular flexibility index (Phi) is 3.49. The summed E-state index contributed by atoms with van der Waals surface area (Å²) in [6.07, 6.45) is 0.926. The second kappa shape index (κ2) is 4.64. The second-order valence-corrected chi connectivity index (χ2v) is 3.04. The summed E-state index contributed by atoms with van der Waals surface area (Å²) < 4.78 is 5.14. The van der Waals surface area contributed by atoms with Crippen LogP contribution in [0.3, 0.4) is 0 Å². The number of hydrogen-bond donors (Lipinski definition) is 1. The first-order valence-electron chi connectivity index (χ1n) is 4.55. The number of benzene rings is 1. The molecule has 1 unspecified atom stereocenters. The van der Waals surface area contributed by atoms with Crippen molar-refractivity contribution in [3.8, 4) is 11.8 Å². The predicted octanol–water partition coefficient (Wildman–Crippen LogP) is 1.78. The van der Waals surface area contributed by atoms with Crippen LogP contribution in [0.15, 0.2) is 18.2 Å². The van der Waals surface area contributed by atoms with Crippen LogP contribution in [-0.2, 0) is 6.42 Å². The Hall–Kier alpha value is -1.53. The molecule has 0 aromatic heterocycles. The molecule has 0 radical (unpaired) electrons. The number of ether oxygens (including phenoxy) is 1. The van der Waals surface area contributed by atoms with Gasteiger partial charge in [-0.2, -0.15) is 5.26 Å². The minimum absolute atomic E-state index is 0.614. The standard InChI is InChI=1S/C11H14N2O/c1-3-8-4-5-11(14-2)9(6-8)10(13)7-12/h4-6,10H,3,13H2,1-2H3. The van der Waals surface area contributed by atoms with Crippen LogP contribution in [0, 0.1) is 11.3 Å². The van der Waals surface area contributed by atoms with Gasteiger partial charge < -0.3 is 10.5 Å². The Balaban J connectivity index is 3.16. The second-order valence-electron chi connectivity index (χ2n) is 3.04. The predicted molar refractivity (Wildman–Crippen MR) is 54.9 cm³/mol. The summed E-state index contributed by atoms with van der Waals surface area (Å²) in [6.45, 7) is 2.06. The van der Waals surface area contributed by atoms with Crippen LogP contribution in [0.25, 0.3) is 0 Å². The molecular weight excluding hydrogens is 176 g/mol. The van der Waals surface area contributed by atoms with E-state index in [1.807, 2.05) is 24.3 Å². The van der Waals surface area contributed by atoms with Crippen molar-refractivity contribution in [3.63, 3.8) is 0 Å². The van der Waals surface area contributed by atoms with Gasteiger partial charge in [0.15, 0.2) is 0 Å². The Morgan fingerprint density at radius 3 is 2.79 bits per heavy atom. The molecule has 3 nitrogen and oxygen atoms in total. The molecule has 1 aromatic carbocycles. The van der Waals surface area contributed by atoms with Crippen molar-refractivity contribution in [1.82, 2.24) is 0 Å². The molecule has 0 amide bonds. The summed E-state index contributed by atoms with van der Waals surface area (Å²) in [6, 6.07) is 7.15. The molecule has 0 bridgehead atoms. The van der Waals surface area contributed by atoms with Gasteiger partial charge in [-0.3, -0.25) is 0 Å².